The zero-order valence-corrected chi connectivity index (χ0v) is 10.1. The fourth-order valence-corrected chi connectivity index (χ4v) is 2.44. The molecule has 3 N–H and O–H groups in total. The second-order valence-corrected chi connectivity index (χ2v) is 4.63. The molecular weight excluding hydrogens is 234 g/mol. The largest absolute Gasteiger partial charge is 0.481 e. The van der Waals surface area contributed by atoms with Crippen LogP contribution in [0.3, 0.4) is 0 Å². The van der Waals surface area contributed by atoms with E-state index in [1.54, 1.807) is 12.5 Å². The molecule has 0 aromatic carbocycles. The van der Waals surface area contributed by atoms with E-state index >= 15 is 0 Å². The number of carbonyl (C=O) groups is 2. The first-order valence-electron chi connectivity index (χ1n) is 6.16. The highest BCUT2D eigenvalue weighted by Gasteiger charge is 2.35. The van der Waals surface area contributed by atoms with Crippen LogP contribution in [0.2, 0.25) is 0 Å². The third-order valence-corrected chi connectivity index (χ3v) is 3.43. The zero-order chi connectivity index (χ0) is 13.0. The summed E-state index contributed by atoms with van der Waals surface area (Å²) in [5.74, 6) is -1.98. The molecule has 2 rings (SSSR count). The number of aliphatic carboxylic acids is 1. The van der Waals surface area contributed by atoms with Crippen LogP contribution in [0.25, 0.3) is 0 Å². The van der Waals surface area contributed by atoms with Crippen molar-refractivity contribution in [1.29, 1.82) is 0 Å². The van der Waals surface area contributed by atoms with E-state index in [2.05, 4.69) is 15.3 Å². The lowest BCUT2D eigenvalue weighted by Crippen LogP contribution is -2.39. The highest BCUT2D eigenvalue weighted by atomic mass is 16.4. The number of imidazole rings is 1. The maximum atomic E-state index is 12.0. The second kappa shape index (κ2) is 5.66. The van der Waals surface area contributed by atoms with Crippen LogP contribution >= 0.6 is 0 Å². The molecule has 0 saturated heterocycles. The lowest BCUT2D eigenvalue weighted by molar-refractivity contribution is -0.148. The molecule has 1 aromatic rings. The van der Waals surface area contributed by atoms with Crippen LogP contribution in [0, 0.1) is 11.8 Å². The Hall–Kier alpha value is -1.85. The number of hydrogen-bond donors (Lipinski definition) is 3. The van der Waals surface area contributed by atoms with Crippen molar-refractivity contribution in [1.82, 2.24) is 15.3 Å². The molecule has 98 valence electrons. The molecule has 6 heteroatoms. The number of amides is 1. The number of rotatable bonds is 4. The van der Waals surface area contributed by atoms with Gasteiger partial charge in [0.05, 0.1) is 30.4 Å². The first-order valence-corrected chi connectivity index (χ1v) is 6.16. The van der Waals surface area contributed by atoms with E-state index in [9.17, 15) is 9.59 Å². The van der Waals surface area contributed by atoms with Crippen LogP contribution in [0.15, 0.2) is 12.5 Å². The molecule has 1 aromatic heterocycles. The Morgan fingerprint density at radius 1 is 1.39 bits per heavy atom. The van der Waals surface area contributed by atoms with Gasteiger partial charge in [-0.3, -0.25) is 9.59 Å². The van der Waals surface area contributed by atoms with Crippen molar-refractivity contribution in [3.63, 3.8) is 0 Å². The van der Waals surface area contributed by atoms with Crippen LogP contribution in [0.1, 0.15) is 31.4 Å². The van der Waals surface area contributed by atoms with Gasteiger partial charge in [0, 0.05) is 6.20 Å². The van der Waals surface area contributed by atoms with E-state index in [0.717, 1.165) is 18.5 Å². The van der Waals surface area contributed by atoms with Gasteiger partial charge in [-0.1, -0.05) is 12.8 Å². The lowest BCUT2D eigenvalue weighted by Gasteiger charge is -2.27. The highest BCUT2D eigenvalue weighted by molar-refractivity contribution is 5.84. The number of hydrogen-bond acceptors (Lipinski definition) is 3. The Bertz CT molecular complexity index is 416. The molecule has 1 aliphatic rings. The smallest absolute Gasteiger partial charge is 0.307 e. The Balaban J connectivity index is 1.92. The molecule has 0 spiro atoms. The topological polar surface area (TPSA) is 95.1 Å². The highest BCUT2D eigenvalue weighted by Crippen LogP contribution is 2.30. The second-order valence-electron chi connectivity index (χ2n) is 4.63. The van der Waals surface area contributed by atoms with Gasteiger partial charge in [-0.2, -0.15) is 0 Å². The fourth-order valence-electron chi connectivity index (χ4n) is 2.44. The first kappa shape index (κ1) is 12.6. The number of nitrogens with zero attached hydrogens (tertiary/aromatic N) is 1. The normalized spacial score (nSPS) is 23.6. The van der Waals surface area contributed by atoms with Crippen LogP contribution < -0.4 is 5.32 Å². The summed E-state index contributed by atoms with van der Waals surface area (Å²) in [6.45, 7) is 0.363. The number of H-pyrrole nitrogens is 1. The van der Waals surface area contributed by atoms with E-state index in [-0.39, 0.29) is 5.91 Å². The molecule has 0 radical (unpaired) electrons. The average Bonchev–Trinajstić information content (AvgIpc) is 2.89. The van der Waals surface area contributed by atoms with Gasteiger partial charge in [0.15, 0.2) is 0 Å². The Kier molecular flexibility index (Phi) is 3.96. The Morgan fingerprint density at radius 2 is 2.11 bits per heavy atom. The molecule has 1 aliphatic carbocycles. The van der Waals surface area contributed by atoms with Crippen LogP contribution in [-0.2, 0) is 16.1 Å². The van der Waals surface area contributed by atoms with Crippen molar-refractivity contribution >= 4 is 11.9 Å². The van der Waals surface area contributed by atoms with Gasteiger partial charge in [0.2, 0.25) is 5.91 Å². The third kappa shape index (κ3) is 2.88. The molecule has 18 heavy (non-hydrogen) atoms. The van der Waals surface area contributed by atoms with Crippen molar-refractivity contribution in [2.24, 2.45) is 11.8 Å². The molecule has 1 amide bonds. The van der Waals surface area contributed by atoms with E-state index < -0.39 is 17.8 Å². The SMILES string of the molecule is O=C(O)C1CCCCC1C(=O)NCc1cnc[nH]1. The maximum absolute atomic E-state index is 12.0. The molecule has 1 saturated carbocycles. The Labute approximate surface area is 105 Å². The summed E-state index contributed by atoms with van der Waals surface area (Å²) in [6.07, 6.45) is 6.24. The van der Waals surface area contributed by atoms with Gasteiger partial charge in [-0.25, -0.2) is 4.98 Å². The average molecular weight is 251 g/mol. The predicted octanol–water partition coefficient (Wildman–Crippen LogP) is 0.917. The van der Waals surface area contributed by atoms with E-state index in [4.69, 9.17) is 5.11 Å². The van der Waals surface area contributed by atoms with E-state index in [1.807, 2.05) is 0 Å². The van der Waals surface area contributed by atoms with E-state index in [0.29, 0.717) is 19.4 Å². The molecule has 6 nitrogen and oxygen atoms in total. The van der Waals surface area contributed by atoms with Crippen molar-refractivity contribution in [2.45, 2.75) is 32.2 Å². The summed E-state index contributed by atoms with van der Waals surface area (Å²) in [7, 11) is 0. The minimum Gasteiger partial charge on any atom is -0.481 e. The third-order valence-electron chi connectivity index (χ3n) is 3.43. The summed E-state index contributed by atoms with van der Waals surface area (Å²) in [5, 5.41) is 11.9. The first-order chi connectivity index (χ1) is 8.68. The fraction of sp³-hybridized carbons (Fsp3) is 0.583. The number of aromatic nitrogens is 2. The quantitative estimate of drug-likeness (QED) is 0.741. The molecule has 0 aliphatic heterocycles. The summed E-state index contributed by atoms with van der Waals surface area (Å²) in [6, 6.07) is 0. The minimum absolute atomic E-state index is 0.170. The van der Waals surface area contributed by atoms with Crippen molar-refractivity contribution in [3.05, 3.63) is 18.2 Å². The monoisotopic (exact) mass is 251 g/mol. The van der Waals surface area contributed by atoms with E-state index in [1.165, 1.54) is 0 Å². The zero-order valence-electron chi connectivity index (χ0n) is 10.1. The van der Waals surface area contributed by atoms with Crippen LogP contribution in [-0.4, -0.2) is 27.0 Å². The summed E-state index contributed by atoms with van der Waals surface area (Å²) >= 11 is 0. The maximum Gasteiger partial charge on any atom is 0.307 e. The van der Waals surface area contributed by atoms with Gasteiger partial charge in [0.25, 0.3) is 0 Å². The van der Waals surface area contributed by atoms with Crippen molar-refractivity contribution < 1.29 is 14.7 Å². The van der Waals surface area contributed by atoms with Crippen molar-refractivity contribution in [2.75, 3.05) is 0 Å². The number of aromatic amines is 1. The summed E-state index contributed by atoms with van der Waals surface area (Å²) < 4.78 is 0. The number of nitrogens with one attached hydrogen (secondary N) is 2. The molecular formula is C12H17N3O3. The molecule has 0 bridgehead atoms. The number of carboxylic acids is 1. The lowest BCUT2D eigenvalue weighted by atomic mass is 9.79. The van der Waals surface area contributed by atoms with Gasteiger partial charge < -0.3 is 15.4 Å². The van der Waals surface area contributed by atoms with Crippen molar-refractivity contribution in [3.8, 4) is 0 Å². The summed E-state index contributed by atoms with van der Waals surface area (Å²) in [4.78, 5) is 29.8. The van der Waals surface area contributed by atoms with Gasteiger partial charge >= 0.3 is 5.97 Å². The van der Waals surface area contributed by atoms with Crippen LogP contribution in [0.5, 0.6) is 0 Å². The number of carbonyl (C=O) groups excluding carboxylic acids is 1. The molecule has 1 fully saturated rings. The molecule has 2 atom stereocenters. The van der Waals surface area contributed by atoms with Crippen LogP contribution in [0.4, 0.5) is 0 Å². The van der Waals surface area contributed by atoms with Gasteiger partial charge in [-0.15, -0.1) is 0 Å². The van der Waals surface area contributed by atoms with Gasteiger partial charge in [0.1, 0.15) is 0 Å². The minimum atomic E-state index is -0.864. The standard InChI is InChI=1S/C12H17N3O3/c16-11(14-6-8-5-13-7-15-8)9-3-1-2-4-10(9)12(17)18/h5,7,9-10H,1-4,6H2,(H,13,15)(H,14,16)(H,17,18). The summed E-state index contributed by atoms with van der Waals surface area (Å²) in [5.41, 5.74) is 0.811. The molecule has 2 unspecified atom stereocenters. The van der Waals surface area contributed by atoms with Gasteiger partial charge in [-0.05, 0) is 12.8 Å². The Morgan fingerprint density at radius 3 is 2.72 bits per heavy atom. The predicted molar refractivity (Wildman–Crippen MR) is 63.5 cm³/mol. The number of carboxylic acid groups (broad SMARTS) is 1. The molecule has 1 heterocycles.